The summed E-state index contributed by atoms with van der Waals surface area (Å²) in [6, 6.07) is 7.43. The van der Waals surface area contributed by atoms with E-state index in [-0.39, 0.29) is 11.5 Å². The molecule has 0 radical (unpaired) electrons. The minimum Gasteiger partial charge on any atom is -0.378 e. The van der Waals surface area contributed by atoms with Gasteiger partial charge in [0.25, 0.3) is 0 Å². The van der Waals surface area contributed by atoms with E-state index in [4.69, 9.17) is 5.73 Å². The van der Waals surface area contributed by atoms with E-state index in [1.165, 1.54) is 0 Å². The van der Waals surface area contributed by atoms with E-state index in [1.807, 2.05) is 24.3 Å². The number of nitro groups is 1. The van der Waals surface area contributed by atoms with Crippen molar-refractivity contribution in [2.24, 2.45) is 0 Å². The fourth-order valence-electron chi connectivity index (χ4n) is 2.30. The first-order valence-corrected chi connectivity index (χ1v) is 6.46. The molecule has 0 aliphatic heterocycles. The third-order valence-corrected chi connectivity index (χ3v) is 3.21. The average Bonchev–Trinajstić information content (AvgIpc) is 2.38. The highest BCUT2D eigenvalue weighted by molar-refractivity contribution is 5.88. The van der Waals surface area contributed by atoms with Crippen molar-refractivity contribution < 1.29 is 4.92 Å². The third-order valence-electron chi connectivity index (χ3n) is 3.21. The number of nitrogen functional groups attached to an aromatic ring is 1. The van der Waals surface area contributed by atoms with Gasteiger partial charge in [0.05, 0.1) is 10.4 Å². The minimum absolute atomic E-state index is 0.00944. The van der Waals surface area contributed by atoms with E-state index in [0.717, 1.165) is 30.2 Å². The average molecular weight is 259 g/mol. The number of nitrogens with two attached hydrogens (primary N) is 1. The maximum absolute atomic E-state index is 11.2. The third kappa shape index (κ3) is 2.65. The van der Waals surface area contributed by atoms with Crippen molar-refractivity contribution in [1.29, 1.82) is 0 Å². The molecule has 5 nitrogen and oxygen atoms in total. The van der Waals surface area contributed by atoms with Gasteiger partial charge < -0.3 is 5.73 Å². The summed E-state index contributed by atoms with van der Waals surface area (Å²) in [6.07, 6.45) is 3.71. The summed E-state index contributed by atoms with van der Waals surface area (Å²) in [6.45, 7) is 2.10. The van der Waals surface area contributed by atoms with Crippen molar-refractivity contribution in [3.63, 3.8) is 0 Å². The van der Waals surface area contributed by atoms with E-state index in [9.17, 15) is 10.1 Å². The number of hydrogen-bond donors (Lipinski definition) is 1. The van der Waals surface area contributed by atoms with Crippen LogP contribution in [0, 0.1) is 10.1 Å². The normalized spacial score (nSPS) is 10.8. The van der Waals surface area contributed by atoms with Gasteiger partial charge in [0.1, 0.15) is 0 Å². The van der Waals surface area contributed by atoms with Gasteiger partial charge in [0.15, 0.2) is 0 Å². The number of para-hydroxylation sites is 1. The first-order valence-electron chi connectivity index (χ1n) is 6.46. The summed E-state index contributed by atoms with van der Waals surface area (Å²) in [7, 11) is 0. The molecular weight excluding hydrogens is 242 g/mol. The van der Waals surface area contributed by atoms with Crippen LogP contribution in [0.2, 0.25) is 0 Å². The zero-order chi connectivity index (χ0) is 13.8. The van der Waals surface area contributed by atoms with Gasteiger partial charge in [-0.05, 0) is 18.9 Å². The number of fused-ring (bicyclic) bond motifs is 1. The zero-order valence-electron chi connectivity index (χ0n) is 10.9. The van der Waals surface area contributed by atoms with Crippen molar-refractivity contribution in [2.45, 2.75) is 32.6 Å². The van der Waals surface area contributed by atoms with Gasteiger partial charge in [-0.1, -0.05) is 38.0 Å². The first kappa shape index (κ1) is 13.3. The number of pyridine rings is 1. The molecule has 2 aromatic rings. The van der Waals surface area contributed by atoms with Gasteiger partial charge in [-0.25, -0.2) is 4.98 Å². The predicted octanol–water partition coefficient (Wildman–Crippen LogP) is 3.46. The fourth-order valence-corrected chi connectivity index (χ4v) is 2.30. The van der Waals surface area contributed by atoms with Crippen LogP contribution >= 0.6 is 0 Å². The standard InChI is InChI=1S/C14H17N3O2/c1-2-3-4-8-11-10-7-5-6-9-12(10)16-14(15)13(11)17(18)19/h5-7,9H,2-4,8H2,1H3,(H2,15,16). The topological polar surface area (TPSA) is 82.0 Å². The van der Waals surface area contributed by atoms with Crippen LogP contribution in [0.5, 0.6) is 0 Å². The van der Waals surface area contributed by atoms with Crippen molar-refractivity contribution >= 4 is 22.4 Å². The highest BCUT2D eigenvalue weighted by atomic mass is 16.6. The molecular formula is C14H17N3O2. The summed E-state index contributed by atoms with van der Waals surface area (Å²) in [5.41, 5.74) is 7.14. The molecule has 100 valence electrons. The highest BCUT2D eigenvalue weighted by Crippen LogP contribution is 2.32. The Morgan fingerprint density at radius 1 is 1.32 bits per heavy atom. The lowest BCUT2D eigenvalue weighted by molar-refractivity contribution is -0.384. The molecule has 1 aromatic heterocycles. The van der Waals surface area contributed by atoms with Crippen LogP contribution in [0.25, 0.3) is 10.9 Å². The Labute approximate surface area is 111 Å². The molecule has 0 unspecified atom stereocenters. The second-order valence-electron chi connectivity index (χ2n) is 4.56. The molecule has 1 heterocycles. The Hall–Kier alpha value is -2.17. The largest absolute Gasteiger partial charge is 0.378 e. The Morgan fingerprint density at radius 2 is 2.05 bits per heavy atom. The summed E-state index contributed by atoms with van der Waals surface area (Å²) < 4.78 is 0. The number of rotatable bonds is 5. The molecule has 5 heteroatoms. The molecule has 0 fully saturated rings. The van der Waals surface area contributed by atoms with E-state index in [1.54, 1.807) is 0 Å². The van der Waals surface area contributed by atoms with Crippen molar-refractivity contribution in [3.05, 3.63) is 39.9 Å². The molecule has 2 rings (SSSR count). The number of benzene rings is 1. The maximum Gasteiger partial charge on any atom is 0.314 e. The Balaban J connectivity index is 2.59. The van der Waals surface area contributed by atoms with Gasteiger partial charge >= 0.3 is 5.69 Å². The zero-order valence-corrected chi connectivity index (χ0v) is 10.9. The maximum atomic E-state index is 11.2. The van der Waals surface area contributed by atoms with Crippen LogP contribution in [0.1, 0.15) is 31.7 Å². The lowest BCUT2D eigenvalue weighted by Gasteiger charge is -2.08. The van der Waals surface area contributed by atoms with Crippen LogP contribution in [-0.4, -0.2) is 9.91 Å². The first-order chi connectivity index (χ1) is 9.15. The van der Waals surface area contributed by atoms with Gasteiger partial charge in [0.2, 0.25) is 5.82 Å². The molecule has 0 aliphatic carbocycles. The Morgan fingerprint density at radius 3 is 2.74 bits per heavy atom. The van der Waals surface area contributed by atoms with E-state index < -0.39 is 4.92 Å². The second-order valence-corrected chi connectivity index (χ2v) is 4.56. The van der Waals surface area contributed by atoms with Crippen molar-refractivity contribution in [1.82, 2.24) is 4.98 Å². The minimum atomic E-state index is -0.421. The van der Waals surface area contributed by atoms with Gasteiger partial charge in [0, 0.05) is 10.9 Å². The molecule has 0 saturated heterocycles. The SMILES string of the molecule is CCCCCc1c([N+](=O)[O-])c(N)nc2ccccc12. The fraction of sp³-hybridized carbons (Fsp3) is 0.357. The second kappa shape index (κ2) is 5.65. The summed E-state index contributed by atoms with van der Waals surface area (Å²) in [5.74, 6) is 0.00944. The van der Waals surface area contributed by atoms with Crippen LogP contribution in [0.3, 0.4) is 0 Å². The molecule has 0 saturated carbocycles. The van der Waals surface area contributed by atoms with Gasteiger partial charge in [-0.15, -0.1) is 0 Å². The molecule has 0 spiro atoms. The Kier molecular flexibility index (Phi) is 3.94. The van der Waals surface area contributed by atoms with Crippen LogP contribution < -0.4 is 5.73 Å². The number of aromatic nitrogens is 1. The van der Waals surface area contributed by atoms with E-state index >= 15 is 0 Å². The summed E-state index contributed by atoms with van der Waals surface area (Å²) >= 11 is 0. The molecule has 19 heavy (non-hydrogen) atoms. The van der Waals surface area contributed by atoms with Crippen molar-refractivity contribution in [3.8, 4) is 0 Å². The molecule has 0 bridgehead atoms. The van der Waals surface area contributed by atoms with E-state index in [0.29, 0.717) is 12.0 Å². The molecule has 2 N–H and O–H groups in total. The molecule has 0 amide bonds. The number of aryl methyl sites for hydroxylation is 1. The quantitative estimate of drug-likeness (QED) is 0.506. The Bertz CT molecular complexity index is 611. The number of nitrogens with zero attached hydrogens (tertiary/aromatic N) is 2. The van der Waals surface area contributed by atoms with Crippen LogP contribution in [-0.2, 0) is 6.42 Å². The van der Waals surface area contributed by atoms with Gasteiger partial charge in [-0.3, -0.25) is 10.1 Å². The lowest BCUT2D eigenvalue weighted by Crippen LogP contribution is -2.04. The summed E-state index contributed by atoms with van der Waals surface area (Å²) in [4.78, 5) is 14.9. The predicted molar refractivity (Wildman–Crippen MR) is 76.0 cm³/mol. The van der Waals surface area contributed by atoms with Crippen molar-refractivity contribution in [2.75, 3.05) is 5.73 Å². The number of hydrogen-bond acceptors (Lipinski definition) is 4. The van der Waals surface area contributed by atoms with Gasteiger partial charge in [-0.2, -0.15) is 0 Å². The van der Waals surface area contributed by atoms with Crippen LogP contribution in [0.15, 0.2) is 24.3 Å². The number of anilines is 1. The van der Waals surface area contributed by atoms with Crippen LogP contribution in [0.4, 0.5) is 11.5 Å². The smallest absolute Gasteiger partial charge is 0.314 e. The molecule has 0 atom stereocenters. The summed E-state index contributed by atoms with van der Waals surface area (Å²) in [5, 5.41) is 12.0. The van der Waals surface area contributed by atoms with E-state index in [2.05, 4.69) is 11.9 Å². The lowest BCUT2D eigenvalue weighted by atomic mass is 10.0. The molecule has 0 aliphatic rings. The highest BCUT2D eigenvalue weighted by Gasteiger charge is 2.22. The number of unbranched alkanes of at least 4 members (excludes halogenated alkanes) is 2. The monoisotopic (exact) mass is 259 g/mol. The molecule has 1 aromatic carbocycles.